The molecule has 0 aromatic rings. The van der Waals surface area contributed by atoms with Crippen molar-refractivity contribution in [2.24, 2.45) is 0 Å². The Balaban J connectivity index is 4.54. The summed E-state index contributed by atoms with van der Waals surface area (Å²) in [4.78, 5) is 2.19. The van der Waals surface area contributed by atoms with Crippen LogP contribution in [-0.4, -0.2) is 21.3 Å². The lowest BCUT2D eigenvalue weighted by Crippen LogP contribution is -2.46. The van der Waals surface area contributed by atoms with Crippen LogP contribution in [-0.2, 0) is 0 Å². The van der Waals surface area contributed by atoms with Gasteiger partial charge >= 0.3 is 0 Å². The van der Waals surface area contributed by atoms with Crippen molar-refractivity contribution in [2.45, 2.75) is 46.1 Å². The van der Waals surface area contributed by atoms with Crippen LogP contribution in [0.15, 0.2) is 0 Å². The predicted octanol–water partition coefficient (Wildman–Crippen LogP) is 3.10. The Morgan fingerprint density at radius 3 is 1.83 bits per heavy atom. The highest BCUT2D eigenvalue weighted by Gasteiger charge is 2.27. The number of thiol groups is 1. The zero-order valence-corrected chi connectivity index (χ0v) is 10.1. The molecule has 0 fully saturated rings. The minimum Gasteiger partial charge on any atom is -0.353 e. The molecule has 3 heteroatoms. The molecule has 0 aromatic carbocycles. The SMILES string of the molecule is CCN(C(=S)S)C(C)(CC)CC. The van der Waals surface area contributed by atoms with Crippen LogP contribution in [0.1, 0.15) is 40.5 Å². The summed E-state index contributed by atoms with van der Waals surface area (Å²) in [5.74, 6) is 0. The molecule has 0 rings (SSSR count). The molecular formula is C9H19NS2. The lowest BCUT2D eigenvalue weighted by molar-refractivity contribution is 0.193. The van der Waals surface area contributed by atoms with Gasteiger partial charge < -0.3 is 4.90 Å². The molecule has 0 radical (unpaired) electrons. The summed E-state index contributed by atoms with van der Waals surface area (Å²) in [6, 6.07) is 0. The lowest BCUT2D eigenvalue weighted by atomic mass is 9.94. The fourth-order valence-corrected chi connectivity index (χ4v) is 2.11. The summed E-state index contributed by atoms with van der Waals surface area (Å²) in [7, 11) is 0. The number of thiocarbonyl (C=S) groups is 1. The molecule has 0 bridgehead atoms. The molecule has 0 heterocycles. The lowest BCUT2D eigenvalue weighted by Gasteiger charge is -2.40. The Bertz CT molecular complexity index is 153. The fraction of sp³-hybridized carbons (Fsp3) is 0.889. The quantitative estimate of drug-likeness (QED) is 0.555. The van der Waals surface area contributed by atoms with E-state index in [1.165, 1.54) is 0 Å². The largest absolute Gasteiger partial charge is 0.353 e. The molecule has 1 nitrogen and oxygen atoms in total. The highest BCUT2D eigenvalue weighted by atomic mass is 32.1. The monoisotopic (exact) mass is 205 g/mol. The van der Waals surface area contributed by atoms with Crippen LogP contribution in [0.25, 0.3) is 0 Å². The number of rotatable bonds is 4. The molecule has 0 aliphatic heterocycles. The van der Waals surface area contributed by atoms with Crippen molar-refractivity contribution in [3.8, 4) is 0 Å². The first-order valence-electron chi connectivity index (χ1n) is 4.52. The zero-order chi connectivity index (χ0) is 9.78. The van der Waals surface area contributed by atoms with Gasteiger partial charge in [0.15, 0.2) is 0 Å². The first kappa shape index (κ1) is 12.2. The van der Waals surface area contributed by atoms with Crippen LogP contribution in [0.3, 0.4) is 0 Å². The normalized spacial score (nSPS) is 11.4. The van der Waals surface area contributed by atoms with Crippen molar-refractivity contribution in [1.29, 1.82) is 0 Å². The van der Waals surface area contributed by atoms with Gasteiger partial charge in [-0.05, 0) is 26.7 Å². The van der Waals surface area contributed by atoms with E-state index in [1.807, 2.05) is 0 Å². The van der Waals surface area contributed by atoms with E-state index in [2.05, 4.69) is 45.2 Å². The summed E-state index contributed by atoms with van der Waals surface area (Å²) in [5.41, 5.74) is 0.188. The summed E-state index contributed by atoms with van der Waals surface area (Å²) >= 11 is 9.32. The van der Waals surface area contributed by atoms with Crippen molar-refractivity contribution in [3.63, 3.8) is 0 Å². The van der Waals surface area contributed by atoms with Gasteiger partial charge in [0.1, 0.15) is 4.32 Å². The number of hydrogen-bond donors (Lipinski definition) is 1. The average molecular weight is 205 g/mol. The van der Waals surface area contributed by atoms with Gasteiger partial charge in [0.2, 0.25) is 0 Å². The molecule has 12 heavy (non-hydrogen) atoms. The summed E-state index contributed by atoms with van der Waals surface area (Å²) in [5, 5.41) is 0. The first-order valence-corrected chi connectivity index (χ1v) is 5.38. The molecule has 0 amide bonds. The van der Waals surface area contributed by atoms with E-state index in [9.17, 15) is 0 Å². The van der Waals surface area contributed by atoms with Crippen molar-refractivity contribution < 1.29 is 0 Å². The smallest absolute Gasteiger partial charge is 0.133 e. The second-order valence-electron chi connectivity index (χ2n) is 3.23. The van der Waals surface area contributed by atoms with E-state index in [1.54, 1.807) is 0 Å². The average Bonchev–Trinajstić information content (AvgIpc) is 2.04. The standard InChI is InChI=1S/C9H19NS2/c1-5-9(4,6-2)10(7-3)8(11)12/h5-7H2,1-4H3,(H,11,12). The van der Waals surface area contributed by atoms with Gasteiger partial charge in [0.05, 0.1) is 0 Å². The molecule has 0 spiro atoms. The molecule has 0 unspecified atom stereocenters. The molecule has 0 N–H and O–H groups in total. The van der Waals surface area contributed by atoms with Crippen molar-refractivity contribution >= 4 is 29.2 Å². The second-order valence-corrected chi connectivity index (χ2v) is 4.34. The third kappa shape index (κ3) is 2.63. The van der Waals surface area contributed by atoms with Crippen LogP contribution in [0.2, 0.25) is 0 Å². The second kappa shape index (κ2) is 5.07. The van der Waals surface area contributed by atoms with Gasteiger partial charge in [-0.2, -0.15) is 0 Å². The van der Waals surface area contributed by atoms with E-state index in [-0.39, 0.29) is 5.54 Å². The molecule has 0 saturated carbocycles. The van der Waals surface area contributed by atoms with Gasteiger partial charge in [-0.25, -0.2) is 0 Å². The van der Waals surface area contributed by atoms with Gasteiger partial charge in [-0.3, -0.25) is 0 Å². The van der Waals surface area contributed by atoms with Crippen LogP contribution in [0, 0.1) is 0 Å². The molecule has 0 aromatic heterocycles. The summed E-state index contributed by atoms with van der Waals surface area (Å²) in [6.45, 7) is 9.68. The third-order valence-corrected chi connectivity index (χ3v) is 3.18. The van der Waals surface area contributed by atoms with E-state index in [4.69, 9.17) is 12.2 Å². The minimum atomic E-state index is 0.188. The van der Waals surface area contributed by atoms with Crippen molar-refractivity contribution in [3.05, 3.63) is 0 Å². The van der Waals surface area contributed by atoms with Crippen LogP contribution < -0.4 is 0 Å². The van der Waals surface area contributed by atoms with Gasteiger partial charge in [0.25, 0.3) is 0 Å². The summed E-state index contributed by atoms with van der Waals surface area (Å²) in [6.07, 6.45) is 2.22. The molecule has 72 valence electrons. The van der Waals surface area contributed by atoms with Crippen LogP contribution in [0.5, 0.6) is 0 Å². The predicted molar refractivity (Wildman–Crippen MR) is 63.0 cm³/mol. The fourth-order valence-electron chi connectivity index (χ4n) is 1.38. The Morgan fingerprint density at radius 1 is 1.33 bits per heavy atom. The van der Waals surface area contributed by atoms with E-state index < -0.39 is 0 Å². The molecule has 0 atom stereocenters. The van der Waals surface area contributed by atoms with Crippen LogP contribution >= 0.6 is 24.8 Å². The van der Waals surface area contributed by atoms with E-state index in [0.717, 1.165) is 19.4 Å². The number of hydrogen-bond acceptors (Lipinski definition) is 1. The molecular weight excluding hydrogens is 186 g/mol. The highest BCUT2D eigenvalue weighted by Crippen LogP contribution is 2.24. The van der Waals surface area contributed by atoms with Crippen molar-refractivity contribution in [2.75, 3.05) is 6.54 Å². The Hall–Kier alpha value is 0.240. The van der Waals surface area contributed by atoms with E-state index in [0.29, 0.717) is 4.32 Å². The summed E-state index contributed by atoms with van der Waals surface area (Å²) < 4.78 is 0.712. The maximum Gasteiger partial charge on any atom is 0.133 e. The van der Waals surface area contributed by atoms with Crippen molar-refractivity contribution in [1.82, 2.24) is 4.90 Å². The zero-order valence-electron chi connectivity index (χ0n) is 8.42. The topological polar surface area (TPSA) is 3.24 Å². The molecule has 0 saturated heterocycles. The molecule has 0 aliphatic carbocycles. The maximum absolute atomic E-state index is 5.09. The Kier molecular flexibility index (Phi) is 5.18. The first-order chi connectivity index (χ1) is 5.51. The molecule has 0 aliphatic rings. The Morgan fingerprint density at radius 2 is 1.75 bits per heavy atom. The minimum absolute atomic E-state index is 0.188. The van der Waals surface area contributed by atoms with E-state index >= 15 is 0 Å². The number of nitrogens with zero attached hydrogens (tertiary/aromatic N) is 1. The highest BCUT2D eigenvalue weighted by molar-refractivity contribution is 8.10. The third-order valence-electron chi connectivity index (χ3n) is 2.72. The Labute approximate surface area is 86.9 Å². The van der Waals surface area contributed by atoms with Gasteiger partial charge in [-0.1, -0.05) is 26.1 Å². The van der Waals surface area contributed by atoms with Crippen LogP contribution in [0.4, 0.5) is 0 Å². The van der Waals surface area contributed by atoms with Gasteiger partial charge in [-0.15, -0.1) is 12.6 Å². The van der Waals surface area contributed by atoms with Gasteiger partial charge in [0, 0.05) is 12.1 Å². The maximum atomic E-state index is 5.09.